The average molecular weight is 533 g/mol. The molecule has 0 spiro atoms. The number of anilines is 1. The summed E-state index contributed by atoms with van der Waals surface area (Å²) in [6.45, 7) is 6.19. The first-order valence-electron chi connectivity index (χ1n) is 13.1. The molecule has 6 nitrogen and oxygen atoms in total. The molecule has 5 rings (SSSR count). The van der Waals surface area contributed by atoms with Crippen LogP contribution in [-0.2, 0) is 17.8 Å². The van der Waals surface area contributed by atoms with Crippen LogP contribution in [0.1, 0.15) is 61.3 Å². The van der Waals surface area contributed by atoms with Crippen molar-refractivity contribution in [2.24, 2.45) is 0 Å². The van der Waals surface area contributed by atoms with E-state index >= 15 is 0 Å². The first-order valence-corrected chi connectivity index (χ1v) is 14.3. The number of hydrogen-bond acceptors (Lipinski definition) is 6. The first-order chi connectivity index (χ1) is 18.0. The summed E-state index contributed by atoms with van der Waals surface area (Å²) in [5, 5.41) is 0. The van der Waals surface area contributed by atoms with E-state index in [-0.39, 0.29) is 11.5 Å². The number of fused-ring (bicyclic) bond motifs is 2. The van der Waals surface area contributed by atoms with Crippen LogP contribution in [0.15, 0.2) is 52.3 Å². The number of thioether (sulfide) groups is 1. The van der Waals surface area contributed by atoms with Crippen LogP contribution in [0, 0.1) is 6.92 Å². The van der Waals surface area contributed by atoms with Crippen LogP contribution >= 0.6 is 24.0 Å². The topological polar surface area (TPSA) is 57.9 Å². The minimum absolute atomic E-state index is 0.117. The summed E-state index contributed by atoms with van der Waals surface area (Å²) >= 11 is 6.84. The van der Waals surface area contributed by atoms with Crippen molar-refractivity contribution in [3.63, 3.8) is 0 Å². The van der Waals surface area contributed by atoms with Crippen molar-refractivity contribution in [3.05, 3.63) is 80.1 Å². The van der Waals surface area contributed by atoms with Crippen molar-refractivity contribution in [1.29, 1.82) is 0 Å². The number of thiocarbonyl (C=S) groups is 1. The second-order valence-electron chi connectivity index (χ2n) is 9.78. The minimum Gasteiger partial charge on any atom is -0.351 e. The van der Waals surface area contributed by atoms with E-state index in [9.17, 15) is 9.59 Å². The molecule has 0 aliphatic carbocycles. The van der Waals surface area contributed by atoms with Gasteiger partial charge in [-0.25, -0.2) is 4.98 Å². The van der Waals surface area contributed by atoms with Crippen LogP contribution in [0.4, 0.5) is 5.82 Å². The zero-order chi connectivity index (χ0) is 25.9. The number of aryl methyl sites for hydroxylation is 1. The molecule has 1 fully saturated rings. The number of carbonyl (C=O) groups excluding carboxylic acids is 1. The molecule has 192 valence electrons. The number of rotatable bonds is 8. The maximum Gasteiger partial charge on any atom is 0.267 e. The Morgan fingerprint density at radius 3 is 2.65 bits per heavy atom. The van der Waals surface area contributed by atoms with Gasteiger partial charge in [-0.05, 0) is 48.6 Å². The quantitative estimate of drug-likeness (QED) is 0.210. The SMILES string of the molecule is CCCCCCCN1C(=O)C(=Cc2c(N3CCc4ccccc4C3)nc3ccc(C)cn3c2=O)SC1=S. The number of hydrogen-bond donors (Lipinski definition) is 0. The van der Waals surface area contributed by atoms with Crippen LogP contribution in [0.2, 0.25) is 0 Å². The number of amides is 1. The van der Waals surface area contributed by atoms with Crippen LogP contribution in [0.3, 0.4) is 0 Å². The van der Waals surface area contributed by atoms with Crippen LogP contribution in [0.5, 0.6) is 0 Å². The van der Waals surface area contributed by atoms with E-state index in [2.05, 4.69) is 30.0 Å². The fraction of sp³-hybridized carbons (Fsp3) is 0.379. The summed E-state index contributed by atoms with van der Waals surface area (Å²) < 4.78 is 2.14. The summed E-state index contributed by atoms with van der Waals surface area (Å²) in [6, 6.07) is 12.2. The highest BCUT2D eigenvalue weighted by Crippen LogP contribution is 2.34. The summed E-state index contributed by atoms with van der Waals surface area (Å²) in [4.78, 5) is 36.4. The van der Waals surface area contributed by atoms with Gasteiger partial charge in [0.05, 0.1) is 10.5 Å². The number of unbranched alkanes of at least 4 members (excludes halogenated alkanes) is 4. The number of nitrogens with zero attached hydrogens (tertiary/aromatic N) is 4. The van der Waals surface area contributed by atoms with E-state index in [1.54, 1.807) is 21.6 Å². The van der Waals surface area contributed by atoms with Crippen molar-refractivity contribution in [3.8, 4) is 0 Å². The highest BCUT2D eigenvalue weighted by molar-refractivity contribution is 8.26. The zero-order valence-corrected chi connectivity index (χ0v) is 23.0. The second kappa shape index (κ2) is 11.2. The van der Waals surface area contributed by atoms with E-state index in [4.69, 9.17) is 17.2 Å². The fourth-order valence-corrected chi connectivity index (χ4v) is 6.28. The third kappa shape index (κ3) is 5.36. The lowest BCUT2D eigenvalue weighted by Gasteiger charge is -2.30. The maximum absolute atomic E-state index is 13.8. The van der Waals surface area contributed by atoms with Gasteiger partial charge in [0.15, 0.2) is 0 Å². The Hall–Kier alpha value is -2.97. The lowest BCUT2D eigenvalue weighted by molar-refractivity contribution is -0.122. The fourth-order valence-electron chi connectivity index (χ4n) is 4.99. The molecular weight excluding hydrogens is 500 g/mol. The van der Waals surface area contributed by atoms with E-state index < -0.39 is 0 Å². The molecule has 4 heterocycles. The van der Waals surface area contributed by atoms with Crippen molar-refractivity contribution >= 4 is 51.7 Å². The lowest BCUT2D eigenvalue weighted by Crippen LogP contribution is -2.34. The minimum atomic E-state index is -0.174. The Balaban J connectivity index is 1.51. The summed E-state index contributed by atoms with van der Waals surface area (Å²) in [5.41, 5.74) is 4.39. The Kier molecular flexibility index (Phi) is 7.76. The standard InChI is InChI=1S/C29H32N4O2S2/c1-3-4-5-6-9-15-32-28(35)24(37-29(32)36)17-23-26(30-25-13-12-20(2)18-33(25)27(23)34)31-16-14-21-10-7-8-11-22(21)19-31/h7-8,10-13,17-18H,3-6,9,14-16,19H2,1-2H3. The Labute approximate surface area is 227 Å². The maximum atomic E-state index is 13.8. The van der Waals surface area contributed by atoms with E-state index in [0.29, 0.717) is 39.3 Å². The Bertz CT molecular complexity index is 1450. The van der Waals surface area contributed by atoms with Gasteiger partial charge < -0.3 is 4.90 Å². The molecular formula is C29H32N4O2S2. The third-order valence-electron chi connectivity index (χ3n) is 7.05. The molecule has 2 aliphatic rings. The molecule has 2 aliphatic heterocycles. The largest absolute Gasteiger partial charge is 0.351 e. The smallest absolute Gasteiger partial charge is 0.267 e. The first kappa shape index (κ1) is 25.7. The van der Waals surface area contributed by atoms with Gasteiger partial charge in [0.1, 0.15) is 15.8 Å². The third-order valence-corrected chi connectivity index (χ3v) is 8.43. The van der Waals surface area contributed by atoms with E-state index in [1.807, 2.05) is 25.1 Å². The van der Waals surface area contributed by atoms with E-state index in [0.717, 1.165) is 31.4 Å². The molecule has 2 aromatic heterocycles. The Morgan fingerprint density at radius 2 is 1.84 bits per heavy atom. The van der Waals surface area contributed by atoms with Gasteiger partial charge in [0.2, 0.25) is 0 Å². The van der Waals surface area contributed by atoms with Gasteiger partial charge in [-0.3, -0.25) is 18.9 Å². The van der Waals surface area contributed by atoms with Crippen LogP contribution < -0.4 is 10.5 Å². The molecule has 1 amide bonds. The molecule has 0 unspecified atom stereocenters. The zero-order valence-electron chi connectivity index (χ0n) is 21.4. The average Bonchev–Trinajstić information content (AvgIpc) is 3.17. The molecule has 1 saturated heterocycles. The summed E-state index contributed by atoms with van der Waals surface area (Å²) in [5.74, 6) is 0.502. The predicted molar refractivity (Wildman–Crippen MR) is 156 cm³/mol. The molecule has 1 aromatic carbocycles. The van der Waals surface area contributed by atoms with Gasteiger partial charge in [-0.15, -0.1) is 0 Å². The highest BCUT2D eigenvalue weighted by Gasteiger charge is 2.33. The molecule has 0 saturated carbocycles. The summed E-state index contributed by atoms with van der Waals surface area (Å²) in [6.07, 6.45) is 9.98. The highest BCUT2D eigenvalue weighted by atomic mass is 32.2. The van der Waals surface area contributed by atoms with Crippen molar-refractivity contribution in [1.82, 2.24) is 14.3 Å². The molecule has 37 heavy (non-hydrogen) atoms. The molecule has 0 atom stereocenters. The molecule has 0 bridgehead atoms. The van der Waals surface area contributed by atoms with Crippen molar-refractivity contribution in [2.45, 2.75) is 58.9 Å². The molecule has 0 radical (unpaired) electrons. The Morgan fingerprint density at radius 1 is 1.05 bits per heavy atom. The normalized spacial score (nSPS) is 16.8. The van der Waals surface area contributed by atoms with Gasteiger partial charge in [0.25, 0.3) is 11.5 Å². The number of pyridine rings is 1. The molecule has 3 aromatic rings. The van der Waals surface area contributed by atoms with Gasteiger partial charge in [0, 0.05) is 25.8 Å². The van der Waals surface area contributed by atoms with Gasteiger partial charge >= 0.3 is 0 Å². The second-order valence-corrected chi connectivity index (χ2v) is 11.5. The van der Waals surface area contributed by atoms with Gasteiger partial charge in [-0.2, -0.15) is 0 Å². The monoisotopic (exact) mass is 532 g/mol. The van der Waals surface area contributed by atoms with E-state index in [1.165, 1.54) is 42.2 Å². The number of aromatic nitrogens is 2. The molecule has 0 N–H and O–H groups in total. The van der Waals surface area contributed by atoms with Gasteiger partial charge in [-0.1, -0.05) is 86.9 Å². The summed E-state index contributed by atoms with van der Waals surface area (Å²) in [7, 11) is 0. The van der Waals surface area contributed by atoms with Crippen molar-refractivity contribution in [2.75, 3.05) is 18.0 Å². The van der Waals surface area contributed by atoms with Crippen molar-refractivity contribution < 1.29 is 4.79 Å². The molecule has 8 heteroatoms. The predicted octanol–water partition coefficient (Wildman–Crippen LogP) is 5.74. The lowest BCUT2D eigenvalue weighted by atomic mass is 9.99. The van der Waals surface area contributed by atoms with Crippen LogP contribution in [-0.4, -0.2) is 37.6 Å². The number of carbonyl (C=O) groups is 1. The number of benzene rings is 1. The van der Waals surface area contributed by atoms with Crippen LogP contribution in [0.25, 0.3) is 11.7 Å².